The number of carbonyl (C=O) groups is 2. The molecule has 1 heterocycles. The first-order valence-corrected chi connectivity index (χ1v) is 11.6. The lowest BCUT2D eigenvalue weighted by atomic mass is 9.90. The van der Waals surface area contributed by atoms with E-state index in [1.807, 2.05) is 54.6 Å². The first kappa shape index (κ1) is 23.7. The minimum Gasteiger partial charge on any atom is -0.481 e. The van der Waals surface area contributed by atoms with Gasteiger partial charge in [-0.05, 0) is 59.5 Å². The Hall–Kier alpha value is -3.48. The normalized spacial score (nSPS) is 15.2. The highest BCUT2D eigenvalue weighted by Crippen LogP contribution is 2.37. The maximum atomic E-state index is 13.1. The summed E-state index contributed by atoms with van der Waals surface area (Å²) in [6, 6.07) is 20.9. The standard InChI is InChI=1S/C27H26ClN3O3/c1-2-29-16-18-5-11-21(12-6-18)30-26(19-8-3-17(4-9-19)7-14-24(32)33)25-22-13-10-20(28)15-23(22)31-27(25)34/h3-6,8-13,15,25,29H,2,7,14,16H2,1H3,(H,31,34)(H,32,33). The highest BCUT2D eigenvalue weighted by Gasteiger charge is 2.35. The molecule has 6 nitrogen and oxygen atoms in total. The van der Waals surface area contributed by atoms with Gasteiger partial charge >= 0.3 is 5.97 Å². The third kappa shape index (κ3) is 5.53. The number of carboxylic acid groups (broad SMARTS) is 1. The molecule has 1 aliphatic heterocycles. The number of hydrogen-bond donors (Lipinski definition) is 3. The van der Waals surface area contributed by atoms with Gasteiger partial charge in [-0.3, -0.25) is 14.6 Å². The van der Waals surface area contributed by atoms with Gasteiger partial charge in [-0.15, -0.1) is 0 Å². The second-order valence-electron chi connectivity index (χ2n) is 8.19. The van der Waals surface area contributed by atoms with Crippen LogP contribution in [-0.4, -0.2) is 29.2 Å². The lowest BCUT2D eigenvalue weighted by Crippen LogP contribution is -2.22. The number of rotatable bonds is 9. The van der Waals surface area contributed by atoms with Gasteiger partial charge in [-0.1, -0.05) is 61.0 Å². The van der Waals surface area contributed by atoms with E-state index < -0.39 is 11.9 Å². The molecule has 7 heteroatoms. The molecule has 34 heavy (non-hydrogen) atoms. The van der Waals surface area contributed by atoms with Gasteiger partial charge in [0, 0.05) is 23.7 Å². The van der Waals surface area contributed by atoms with Gasteiger partial charge < -0.3 is 15.7 Å². The van der Waals surface area contributed by atoms with Gasteiger partial charge in [0.25, 0.3) is 0 Å². The van der Waals surface area contributed by atoms with Crippen molar-refractivity contribution >= 4 is 40.6 Å². The van der Waals surface area contributed by atoms with Crippen LogP contribution in [0.25, 0.3) is 0 Å². The van der Waals surface area contributed by atoms with Crippen LogP contribution < -0.4 is 10.6 Å². The summed E-state index contributed by atoms with van der Waals surface area (Å²) in [6.07, 6.45) is 0.513. The summed E-state index contributed by atoms with van der Waals surface area (Å²) in [5.74, 6) is -1.57. The fourth-order valence-corrected chi connectivity index (χ4v) is 4.16. The molecule has 0 bridgehead atoms. The second kappa shape index (κ2) is 10.6. The summed E-state index contributed by atoms with van der Waals surface area (Å²) in [4.78, 5) is 28.9. The van der Waals surface area contributed by atoms with E-state index in [1.54, 1.807) is 12.1 Å². The van der Waals surface area contributed by atoms with E-state index >= 15 is 0 Å². The summed E-state index contributed by atoms with van der Waals surface area (Å²) >= 11 is 6.14. The molecule has 1 aliphatic rings. The molecule has 3 N–H and O–H groups in total. The monoisotopic (exact) mass is 475 g/mol. The Morgan fingerprint density at radius 3 is 2.44 bits per heavy atom. The number of fused-ring (bicyclic) bond motifs is 1. The fourth-order valence-electron chi connectivity index (χ4n) is 3.99. The minimum atomic E-state index is -0.832. The van der Waals surface area contributed by atoms with Crippen LogP contribution >= 0.6 is 11.6 Å². The number of aliphatic imine (C=N–C) groups is 1. The molecule has 0 saturated carbocycles. The van der Waals surface area contributed by atoms with Gasteiger partial charge in [0.15, 0.2) is 0 Å². The van der Waals surface area contributed by atoms with Gasteiger partial charge in [0.05, 0.1) is 11.4 Å². The van der Waals surface area contributed by atoms with Crippen LogP contribution in [0.4, 0.5) is 11.4 Å². The topological polar surface area (TPSA) is 90.8 Å². The van der Waals surface area contributed by atoms with E-state index in [0.29, 0.717) is 22.8 Å². The number of carboxylic acids is 1. The van der Waals surface area contributed by atoms with Crippen LogP contribution in [-0.2, 0) is 22.6 Å². The van der Waals surface area contributed by atoms with Crippen molar-refractivity contribution in [1.29, 1.82) is 0 Å². The molecule has 1 unspecified atom stereocenters. The SMILES string of the molecule is CCNCc1ccc(N=C(c2ccc(CCC(=O)O)cc2)C2C(=O)Nc3cc(Cl)ccc32)cc1. The number of nitrogens with zero attached hydrogens (tertiary/aromatic N) is 1. The average Bonchev–Trinajstić information content (AvgIpc) is 3.15. The number of amides is 1. The predicted molar refractivity (Wildman–Crippen MR) is 135 cm³/mol. The van der Waals surface area contributed by atoms with Gasteiger partial charge in [-0.25, -0.2) is 0 Å². The molecular weight excluding hydrogens is 450 g/mol. The number of halogens is 1. The van der Waals surface area contributed by atoms with E-state index in [9.17, 15) is 9.59 Å². The lowest BCUT2D eigenvalue weighted by Gasteiger charge is -2.15. The van der Waals surface area contributed by atoms with Crippen molar-refractivity contribution in [3.63, 3.8) is 0 Å². The summed E-state index contributed by atoms with van der Waals surface area (Å²) in [5.41, 5.74) is 5.77. The summed E-state index contributed by atoms with van der Waals surface area (Å²) < 4.78 is 0. The highest BCUT2D eigenvalue weighted by atomic mass is 35.5. The lowest BCUT2D eigenvalue weighted by molar-refractivity contribution is -0.137. The molecule has 0 radical (unpaired) electrons. The zero-order valence-corrected chi connectivity index (χ0v) is 19.6. The van der Waals surface area contributed by atoms with E-state index in [0.717, 1.165) is 41.0 Å². The number of hydrogen-bond acceptors (Lipinski definition) is 4. The molecule has 0 aliphatic carbocycles. The molecule has 4 rings (SSSR count). The molecule has 3 aromatic carbocycles. The quantitative estimate of drug-likeness (QED) is 0.365. The number of anilines is 1. The molecule has 3 aromatic rings. The summed E-state index contributed by atoms with van der Waals surface area (Å²) in [6.45, 7) is 3.74. The van der Waals surface area contributed by atoms with Crippen LogP contribution in [0.1, 0.15) is 41.5 Å². The molecular formula is C27H26ClN3O3. The molecule has 174 valence electrons. The van der Waals surface area contributed by atoms with Gasteiger partial charge in [-0.2, -0.15) is 0 Å². The molecule has 0 spiro atoms. The Morgan fingerprint density at radius 2 is 1.76 bits per heavy atom. The number of benzene rings is 3. The van der Waals surface area contributed by atoms with E-state index in [2.05, 4.69) is 17.6 Å². The number of aryl methyl sites for hydroxylation is 1. The van der Waals surface area contributed by atoms with Crippen molar-refractivity contribution < 1.29 is 14.7 Å². The Balaban J connectivity index is 1.72. The van der Waals surface area contributed by atoms with Crippen LogP contribution in [0.15, 0.2) is 71.7 Å². The van der Waals surface area contributed by atoms with Crippen molar-refractivity contribution in [2.75, 3.05) is 11.9 Å². The molecule has 0 fully saturated rings. The van der Waals surface area contributed by atoms with E-state index in [4.69, 9.17) is 21.7 Å². The first-order chi connectivity index (χ1) is 16.4. The predicted octanol–water partition coefficient (Wildman–Crippen LogP) is 5.32. The molecule has 0 aromatic heterocycles. The van der Waals surface area contributed by atoms with Crippen molar-refractivity contribution in [3.05, 3.63) is 94.0 Å². The maximum Gasteiger partial charge on any atom is 0.303 e. The average molecular weight is 476 g/mol. The minimum absolute atomic E-state index is 0.0682. The number of aliphatic carboxylic acids is 1. The van der Waals surface area contributed by atoms with Gasteiger partial charge in [0.1, 0.15) is 5.92 Å². The largest absolute Gasteiger partial charge is 0.481 e. The number of nitrogens with one attached hydrogen (secondary N) is 2. The van der Waals surface area contributed by atoms with E-state index in [1.165, 1.54) is 0 Å². The first-order valence-electron chi connectivity index (χ1n) is 11.2. The third-order valence-electron chi connectivity index (χ3n) is 5.76. The maximum absolute atomic E-state index is 13.1. The van der Waals surface area contributed by atoms with Crippen molar-refractivity contribution in [1.82, 2.24) is 5.32 Å². The molecule has 1 atom stereocenters. The molecule has 1 amide bonds. The second-order valence-corrected chi connectivity index (χ2v) is 8.62. The Kier molecular flexibility index (Phi) is 7.40. The Morgan fingerprint density at radius 1 is 1.06 bits per heavy atom. The van der Waals surface area contributed by atoms with Crippen LogP contribution in [0, 0.1) is 0 Å². The van der Waals surface area contributed by atoms with Crippen molar-refractivity contribution in [2.45, 2.75) is 32.2 Å². The van der Waals surface area contributed by atoms with Crippen LogP contribution in [0.2, 0.25) is 5.02 Å². The molecule has 0 saturated heterocycles. The van der Waals surface area contributed by atoms with Crippen molar-refractivity contribution in [3.8, 4) is 0 Å². The zero-order chi connectivity index (χ0) is 24.1. The highest BCUT2D eigenvalue weighted by molar-refractivity contribution is 6.31. The fraction of sp³-hybridized carbons (Fsp3) is 0.222. The Bertz CT molecular complexity index is 1220. The van der Waals surface area contributed by atoms with E-state index in [-0.39, 0.29) is 12.3 Å². The van der Waals surface area contributed by atoms with Crippen molar-refractivity contribution in [2.24, 2.45) is 4.99 Å². The Labute approximate surface area is 203 Å². The third-order valence-corrected chi connectivity index (χ3v) is 6.00. The number of carbonyl (C=O) groups excluding carboxylic acids is 1. The van der Waals surface area contributed by atoms with Crippen LogP contribution in [0.3, 0.4) is 0 Å². The van der Waals surface area contributed by atoms with Crippen LogP contribution in [0.5, 0.6) is 0 Å². The zero-order valence-electron chi connectivity index (χ0n) is 18.8. The summed E-state index contributed by atoms with van der Waals surface area (Å²) in [5, 5.41) is 15.7. The smallest absolute Gasteiger partial charge is 0.303 e. The summed E-state index contributed by atoms with van der Waals surface area (Å²) in [7, 11) is 0. The van der Waals surface area contributed by atoms with Gasteiger partial charge in [0.2, 0.25) is 5.91 Å².